The first kappa shape index (κ1) is 19.6. The van der Waals surface area contributed by atoms with Gasteiger partial charge in [0.15, 0.2) is 11.4 Å². The number of amides is 1. The molecule has 0 unspecified atom stereocenters. The summed E-state index contributed by atoms with van der Waals surface area (Å²) in [5.41, 5.74) is 2.48. The third-order valence-electron chi connectivity index (χ3n) is 6.34. The summed E-state index contributed by atoms with van der Waals surface area (Å²) in [6.45, 7) is 3.09. The van der Waals surface area contributed by atoms with Gasteiger partial charge in [-0.2, -0.15) is 0 Å². The lowest BCUT2D eigenvalue weighted by Gasteiger charge is -2.44. The van der Waals surface area contributed by atoms with Crippen molar-refractivity contribution in [2.24, 2.45) is 0 Å². The second kappa shape index (κ2) is 7.41. The van der Waals surface area contributed by atoms with Crippen molar-refractivity contribution < 1.29 is 23.6 Å². The highest BCUT2D eigenvalue weighted by Crippen LogP contribution is 2.40. The van der Waals surface area contributed by atoms with E-state index < -0.39 is 5.60 Å². The number of aryl methyl sites for hydroxylation is 1. The number of fused-ring (bicyclic) bond motifs is 2. The zero-order chi connectivity index (χ0) is 21.6. The van der Waals surface area contributed by atoms with Crippen molar-refractivity contribution in [3.63, 3.8) is 0 Å². The number of aromatic nitrogens is 1. The molecule has 7 heteroatoms. The maximum Gasteiger partial charge on any atom is 0.228 e. The molecule has 1 saturated heterocycles. The fourth-order valence-electron chi connectivity index (χ4n) is 4.53. The number of hydrogen-bond donors (Lipinski definition) is 0. The quantitative estimate of drug-likeness (QED) is 0.642. The number of nitrogens with zero attached hydrogens (tertiary/aromatic N) is 2. The molecule has 3 heterocycles. The molecule has 0 radical (unpaired) electrons. The van der Waals surface area contributed by atoms with Crippen LogP contribution in [0.15, 0.2) is 40.9 Å². The molecule has 2 aliphatic rings. The van der Waals surface area contributed by atoms with Gasteiger partial charge in [-0.1, -0.05) is 16.8 Å². The number of carbonyl (C=O) groups excluding carboxylic acids is 2. The minimum absolute atomic E-state index is 0.00996. The summed E-state index contributed by atoms with van der Waals surface area (Å²) in [7, 11) is 1.59. The van der Waals surface area contributed by atoms with Crippen LogP contribution in [0.1, 0.15) is 40.9 Å². The molecule has 0 atom stereocenters. The molecular formula is C24H24N2O5. The smallest absolute Gasteiger partial charge is 0.228 e. The number of rotatable bonds is 3. The van der Waals surface area contributed by atoms with E-state index in [1.54, 1.807) is 25.3 Å². The number of ketones is 1. The van der Waals surface area contributed by atoms with Crippen LogP contribution in [-0.4, -0.2) is 47.5 Å². The molecular weight excluding hydrogens is 396 g/mol. The van der Waals surface area contributed by atoms with Crippen LogP contribution in [0, 0.1) is 6.92 Å². The van der Waals surface area contributed by atoms with E-state index in [0.717, 1.165) is 10.9 Å². The normalized spacial score (nSPS) is 17.5. The molecule has 1 amide bonds. The van der Waals surface area contributed by atoms with Crippen molar-refractivity contribution >= 4 is 22.7 Å². The molecule has 2 aliphatic heterocycles. The Morgan fingerprint density at radius 3 is 2.77 bits per heavy atom. The van der Waals surface area contributed by atoms with Crippen LogP contribution >= 0.6 is 0 Å². The summed E-state index contributed by atoms with van der Waals surface area (Å²) in [6, 6.07) is 11.1. The number of carbonyl (C=O) groups is 2. The topological polar surface area (TPSA) is 81.9 Å². The van der Waals surface area contributed by atoms with Gasteiger partial charge in [-0.05, 0) is 31.2 Å². The number of piperidine rings is 1. The van der Waals surface area contributed by atoms with Crippen LogP contribution in [0.5, 0.6) is 11.5 Å². The van der Waals surface area contributed by atoms with E-state index in [-0.39, 0.29) is 18.1 Å². The first-order valence-electron chi connectivity index (χ1n) is 10.5. The lowest BCUT2D eigenvalue weighted by Crippen LogP contribution is -2.52. The summed E-state index contributed by atoms with van der Waals surface area (Å²) in [5, 5.41) is 4.99. The van der Waals surface area contributed by atoms with Gasteiger partial charge in [0.1, 0.15) is 22.8 Å². The lowest BCUT2D eigenvalue weighted by atomic mass is 9.82. The van der Waals surface area contributed by atoms with Gasteiger partial charge in [0, 0.05) is 37.4 Å². The third kappa shape index (κ3) is 3.54. The highest BCUT2D eigenvalue weighted by molar-refractivity contribution is 6.00. The van der Waals surface area contributed by atoms with Crippen LogP contribution in [-0.2, 0) is 11.2 Å². The van der Waals surface area contributed by atoms with Crippen molar-refractivity contribution in [1.29, 1.82) is 0 Å². The largest absolute Gasteiger partial charge is 0.497 e. The van der Waals surface area contributed by atoms with E-state index in [0.29, 0.717) is 60.7 Å². The SMILES string of the molecule is COc1ccc2c(c1)OC1(CCN(C(=O)Cc3noc4ccc(C)cc34)CC1)CC2=O. The van der Waals surface area contributed by atoms with E-state index in [2.05, 4.69) is 5.16 Å². The summed E-state index contributed by atoms with van der Waals surface area (Å²) >= 11 is 0. The molecule has 2 aromatic carbocycles. The summed E-state index contributed by atoms with van der Waals surface area (Å²) in [6.07, 6.45) is 1.75. The van der Waals surface area contributed by atoms with Crippen LogP contribution < -0.4 is 9.47 Å². The third-order valence-corrected chi connectivity index (χ3v) is 6.34. The predicted octanol–water partition coefficient (Wildman–Crippen LogP) is 3.71. The van der Waals surface area contributed by atoms with Crippen molar-refractivity contribution in [1.82, 2.24) is 10.1 Å². The highest BCUT2D eigenvalue weighted by Gasteiger charge is 2.43. The molecule has 5 rings (SSSR count). The van der Waals surface area contributed by atoms with Crippen molar-refractivity contribution in [2.45, 2.75) is 38.2 Å². The summed E-state index contributed by atoms with van der Waals surface area (Å²) < 4.78 is 16.9. The molecule has 31 heavy (non-hydrogen) atoms. The molecule has 1 spiro atoms. The maximum atomic E-state index is 12.9. The predicted molar refractivity (Wildman–Crippen MR) is 114 cm³/mol. The second-order valence-corrected chi connectivity index (χ2v) is 8.43. The number of likely N-dealkylation sites (tertiary alicyclic amines) is 1. The van der Waals surface area contributed by atoms with Gasteiger partial charge in [-0.3, -0.25) is 9.59 Å². The zero-order valence-electron chi connectivity index (χ0n) is 17.6. The van der Waals surface area contributed by atoms with Crippen molar-refractivity contribution in [3.05, 3.63) is 53.2 Å². The van der Waals surface area contributed by atoms with E-state index in [1.165, 1.54) is 0 Å². The van der Waals surface area contributed by atoms with Gasteiger partial charge < -0.3 is 18.9 Å². The number of methoxy groups -OCH3 is 1. The molecule has 0 saturated carbocycles. The van der Waals surface area contributed by atoms with E-state index in [4.69, 9.17) is 14.0 Å². The Kier molecular flexibility index (Phi) is 4.68. The maximum absolute atomic E-state index is 12.9. The zero-order valence-corrected chi connectivity index (χ0v) is 17.6. The first-order chi connectivity index (χ1) is 15.0. The average molecular weight is 420 g/mol. The van der Waals surface area contributed by atoms with Gasteiger partial charge in [0.2, 0.25) is 5.91 Å². The molecule has 1 fully saturated rings. The average Bonchev–Trinajstić information content (AvgIpc) is 3.15. The van der Waals surface area contributed by atoms with E-state index in [1.807, 2.05) is 30.0 Å². The van der Waals surface area contributed by atoms with Crippen molar-refractivity contribution in [2.75, 3.05) is 20.2 Å². The number of Topliss-reactive ketones (excluding diaryl/α,β-unsaturated/α-hetero) is 1. The molecule has 1 aromatic heterocycles. The number of benzene rings is 2. The molecule has 0 aliphatic carbocycles. The number of ether oxygens (including phenoxy) is 2. The van der Waals surface area contributed by atoms with Gasteiger partial charge in [0.05, 0.1) is 25.5 Å². The Labute approximate surface area is 179 Å². The van der Waals surface area contributed by atoms with Gasteiger partial charge in [-0.25, -0.2) is 0 Å². The Morgan fingerprint density at radius 2 is 2.00 bits per heavy atom. The van der Waals surface area contributed by atoms with Gasteiger partial charge >= 0.3 is 0 Å². The number of hydrogen-bond acceptors (Lipinski definition) is 6. The van der Waals surface area contributed by atoms with E-state index >= 15 is 0 Å². The summed E-state index contributed by atoms with van der Waals surface area (Å²) in [4.78, 5) is 27.5. The van der Waals surface area contributed by atoms with Gasteiger partial charge in [-0.15, -0.1) is 0 Å². The molecule has 7 nitrogen and oxygen atoms in total. The van der Waals surface area contributed by atoms with Crippen LogP contribution in [0.2, 0.25) is 0 Å². The Hall–Kier alpha value is -3.35. The summed E-state index contributed by atoms with van der Waals surface area (Å²) in [5.74, 6) is 1.31. The minimum atomic E-state index is -0.565. The molecule has 0 bridgehead atoms. The second-order valence-electron chi connectivity index (χ2n) is 8.43. The fraction of sp³-hybridized carbons (Fsp3) is 0.375. The van der Waals surface area contributed by atoms with Crippen LogP contribution in [0.4, 0.5) is 0 Å². The first-order valence-corrected chi connectivity index (χ1v) is 10.5. The van der Waals surface area contributed by atoms with E-state index in [9.17, 15) is 9.59 Å². The monoisotopic (exact) mass is 420 g/mol. The van der Waals surface area contributed by atoms with Gasteiger partial charge in [0.25, 0.3) is 0 Å². The minimum Gasteiger partial charge on any atom is -0.497 e. The van der Waals surface area contributed by atoms with Crippen molar-refractivity contribution in [3.8, 4) is 11.5 Å². The molecule has 3 aromatic rings. The van der Waals surface area contributed by atoms with Crippen LogP contribution in [0.3, 0.4) is 0 Å². The van der Waals surface area contributed by atoms with Crippen LogP contribution in [0.25, 0.3) is 11.0 Å². The Morgan fingerprint density at radius 1 is 1.19 bits per heavy atom. The Bertz CT molecular complexity index is 1170. The standard InChI is InChI=1S/C24H24N2O5/c1-15-3-6-21-18(11-15)19(25-31-21)13-23(28)26-9-7-24(8-10-26)14-20(27)17-5-4-16(29-2)12-22(17)30-24/h3-6,11-12H,7-10,13-14H2,1-2H3. The lowest BCUT2D eigenvalue weighted by molar-refractivity contribution is -0.134. The fourth-order valence-corrected chi connectivity index (χ4v) is 4.53. The highest BCUT2D eigenvalue weighted by atomic mass is 16.5. The molecule has 160 valence electrons. The molecule has 0 N–H and O–H groups in total. The Balaban J connectivity index is 1.28.